The van der Waals surface area contributed by atoms with Gasteiger partial charge in [-0.15, -0.1) is 11.8 Å². The summed E-state index contributed by atoms with van der Waals surface area (Å²) in [5, 5.41) is 5.53. The van der Waals surface area contributed by atoms with Crippen LogP contribution in [0, 0.1) is 0 Å². The van der Waals surface area contributed by atoms with Gasteiger partial charge in [-0.3, -0.25) is 0 Å². The molecule has 3 aliphatic rings. The average molecular weight is 642 g/mol. The second-order valence-corrected chi connectivity index (χ2v) is 14.8. The van der Waals surface area contributed by atoms with Gasteiger partial charge in [0.2, 0.25) is 6.71 Å². The minimum Gasteiger partial charge on any atom is -0.332 e. The Labute approximate surface area is 288 Å². The largest absolute Gasteiger partial charge is 0.332 e. The van der Waals surface area contributed by atoms with E-state index < -0.39 is 0 Å². The first-order valence-corrected chi connectivity index (χ1v) is 18.0. The summed E-state index contributed by atoms with van der Waals surface area (Å²) in [7, 11) is 0. The molecule has 228 valence electrons. The first-order valence-electron chi connectivity index (χ1n) is 17.1. The second kappa shape index (κ2) is 9.49. The number of rotatable bonds is 2. The van der Waals surface area contributed by atoms with Crippen LogP contribution in [0.4, 0.5) is 28.4 Å². The van der Waals surface area contributed by atoms with E-state index in [0.717, 1.165) is 0 Å². The Morgan fingerprint density at radius 1 is 0.531 bits per heavy atom. The maximum atomic E-state index is 2.72. The van der Waals surface area contributed by atoms with Crippen molar-refractivity contribution in [2.45, 2.75) is 16.1 Å². The molecule has 2 atom stereocenters. The van der Waals surface area contributed by atoms with Gasteiger partial charge in [0.15, 0.2) is 0 Å². The quantitative estimate of drug-likeness (QED) is 0.174. The number of para-hydroxylation sites is 5. The molecule has 3 aliphatic heterocycles. The smallest absolute Gasteiger partial charge is 0.233 e. The second-order valence-electron chi connectivity index (χ2n) is 13.6. The highest BCUT2D eigenvalue weighted by Gasteiger charge is 2.54. The Morgan fingerprint density at radius 3 is 2.06 bits per heavy atom. The molecule has 3 nitrogen and oxygen atoms in total. The summed E-state index contributed by atoms with van der Waals surface area (Å²) >= 11 is 2.07. The monoisotopic (exact) mass is 641 g/mol. The highest BCUT2D eigenvalue weighted by atomic mass is 32.2. The van der Waals surface area contributed by atoms with Crippen molar-refractivity contribution in [1.29, 1.82) is 0 Å². The molecule has 0 aliphatic carbocycles. The summed E-state index contributed by atoms with van der Waals surface area (Å²) in [5.74, 6) is 0. The highest BCUT2D eigenvalue weighted by molar-refractivity contribution is 8.02. The molecule has 0 amide bonds. The summed E-state index contributed by atoms with van der Waals surface area (Å²) in [6.45, 7) is 0.204. The molecule has 2 unspecified atom stereocenters. The molecule has 12 rings (SSSR count). The van der Waals surface area contributed by atoms with Gasteiger partial charge in [-0.1, -0.05) is 109 Å². The van der Waals surface area contributed by atoms with E-state index in [-0.39, 0.29) is 12.8 Å². The van der Waals surface area contributed by atoms with E-state index >= 15 is 0 Å². The number of fused-ring (bicyclic) bond motifs is 13. The van der Waals surface area contributed by atoms with Gasteiger partial charge in [-0.2, -0.15) is 0 Å². The van der Waals surface area contributed by atoms with Crippen molar-refractivity contribution in [2.75, 3.05) is 9.80 Å². The maximum Gasteiger partial charge on any atom is 0.233 e. The summed E-state index contributed by atoms with van der Waals surface area (Å²) in [4.78, 5) is 6.65. The number of benzene rings is 7. The molecule has 7 aromatic carbocycles. The van der Waals surface area contributed by atoms with Crippen LogP contribution < -0.4 is 20.7 Å². The summed E-state index contributed by atoms with van der Waals surface area (Å²) in [6, 6.07) is 59.0. The molecule has 5 heterocycles. The van der Waals surface area contributed by atoms with Crippen molar-refractivity contribution in [1.82, 2.24) is 4.40 Å². The van der Waals surface area contributed by atoms with Gasteiger partial charge in [0.05, 0.1) is 28.3 Å². The van der Waals surface area contributed by atoms with Gasteiger partial charge in [-0.25, -0.2) is 0 Å². The Bertz CT molecular complexity index is 2790. The van der Waals surface area contributed by atoms with Crippen LogP contribution in [0.5, 0.6) is 0 Å². The van der Waals surface area contributed by atoms with E-state index in [1.165, 1.54) is 87.9 Å². The summed E-state index contributed by atoms with van der Waals surface area (Å²) < 4.78 is 2.60. The van der Waals surface area contributed by atoms with Crippen molar-refractivity contribution in [2.24, 2.45) is 0 Å². The van der Waals surface area contributed by atoms with Crippen molar-refractivity contribution >= 4 is 95.9 Å². The topological polar surface area (TPSA) is 10.9 Å². The normalized spacial score (nSPS) is 17.6. The molecular formula is C44H28BN3S. The van der Waals surface area contributed by atoms with Crippen molar-refractivity contribution in [3.8, 4) is 0 Å². The number of aromatic nitrogens is 1. The SMILES string of the molecule is c1ccc(N2c3ccccc3B3c4c2cc2c5cccc6c7ccccc7n(c2c4N(c2ccccc2)C2c4ccccc4SC32)c65)cc1. The van der Waals surface area contributed by atoms with Crippen LogP contribution in [0.2, 0.25) is 0 Å². The molecule has 2 aromatic heterocycles. The van der Waals surface area contributed by atoms with Crippen molar-refractivity contribution in [3.05, 3.63) is 163 Å². The van der Waals surface area contributed by atoms with E-state index in [4.69, 9.17) is 0 Å². The van der Waals surface area contributed by atoms with Gasteiger partial charge < -0.3 is 14.2 Å². The van der Waals surface area contributed by atoms with Crippen molar-refractivity contribution in [3.63, 3.8) is 0 Å². The molecule has 5 heteroatoms. The van der Waals surface area contributed by atoms with Gasteiger partial charge in [0.25, 0.3) is 0 Å². The van der Waals surface area contributed by atoms with Gasteiger partial charge in [0, 0.05) is 54.3 Å². The summed E-state index contributed by atoms with van der Waals surface area (Å²) in [5.41, 5.74) is 14.5. The highest BCUT2D eigenvalue weighted by Crippen LogP contribution is 2.58. The molecule has 0 spiro atoms. The first-order chi connectivity index (χ1) is 24.4. The fourth-order valence-electron chi connectivity index (χ4n) is 9.50. The molecule has 0 fully saturated rings. The lowest BCUT2D eigenvalue weighted by molar-refractivity contribution is 0.747. The lowest BCUT2D eigenvalue weighted by Gasteiger charge is -2.48. The number of anilines is 5. The van der Waals surface area contributed by atoms with Crippen LogP contribution in [0.15, 0.2) is 163 Å². The molecule has 49 heavy (non-hydrogen) atoms. The lowest BCUT2D eigenvalue weighted by Crippen LogP contribution is -2.62. The predicted molar refractivity (Wildman–Crippen MR) is 208 cm³/mol. The third-order valence-electron chi connectivity index (χ3n) is 11.3. The Morgan fingerprint density at radius 2 is 1.20 bits per heavy atom. The van der Waals surface area contributed by atoms with Crippen LogP contribution in [-0.4, -0.2) is 16.3 Å². The van der Waals surface area contributed by atoms with Crippen LogP contribution >= 0.6 is 11.8 Å². The Kier molecular flexibility index (Phi) is 5.10. The summed E-state index contributed by atoms with van der Waals surface area (Å²) in [6.07, 6.45) is 0. The third-order valence-corrected chi connectivity index (χ3v) is 12.7. The third kappa shape index (κ3) is 3.26. The van der Waals surface area contributed by atoms with E-state index in [2.05, 4.69) is 184 Å². The lowest BCUT2D eigenvalue weighted by atomic mass is 9.33. The fraction of sp³-hybridized carbons (Fsp3) is 0.0455. The number of thioether (sulfide) groups is 1. The van der Waals surface area contributed by atoms with E-state index in [9.17, 15) is 0 Å². The zero-order chi connectivity index (χ0) is 31.8. The first kappa shape index (κ1) is 26.3. The van der Waals surface area contributed by atoms with Crippen LogP contribution in [0.25, 0.3) is 38.1 Å². The standard InChI is InChI=1S/C44H28BN3S/c1-3-14-27(15-4-1)46-36-24-11-9-22-34(36)45-39-37(46)26-33-31-21-13-20-30-29-18-7-10-23-35(29)48(40(30)31)41(33)43(39)47(28-16-5-2-6-17-28)42-32-19-8-12-25-38(32)49-44(42)45/h1-26,42,44H. The van der Waals surface area contributed by atoms with Crippen LogP contribution in [0.3, 0.4) is 0 Å². The van der Waals surface area contributed by atoms with Crippen LogP contribution in [0.1, 0.15) is 11.6 Å². The molecular weight excluding hydrogens is 613 g/mol. The number of hydrogen-bond donors (Lipinski definition) is 0. The van der Waals surface area contributed by atoms with E-state index in [0.29, 0.717) is 5.15 Å². The van der Waals surface area contributed by atoms with E-state index in [1.807, 2.05) is 0 Å². The predicted octanol–water partition coefficient (Wildman–Crippen LogP) is 10.1. The molecule has 0 radical (unpaired) electrons. The molecule has 0 bridgehead atoms. The minimum absolute atomic E-state index is 0.165. The van der Waals surface area contributed by atoms with Gasteiger partial charge in [-0.05, 0) is 65.0 Å². The zero-order valence-electron chi connectivity index (χ0n) is 26.5. The minimum atomic E-state index is 0.165. The number of hydrogen-bond acceptors (Lipinski definition) is 3. The van der Waals surface area contributed by atoms with Crippen LogP contribution in [-0.2, 0) is 0 Å². The molecule has 0 saturated carbocycles. The van der Waals surface area contributed by atoms with Gasteiger partial charge in [0.1, 0.15) is 0 Å². The number of nitrogens with zero attached hydrogens (tertiary/aromatic N) is 3. The maximum absolute atomic E-state index is 2.72. The molecule has 9 aromatic rings. The fourth-order valence-corrected chi connectivity index (χ4v) is 11.1. The molecule has 0 N–H and O–H groups in total. The average Bonchev–Trinajstić information content (AvgIpc) is 3.83. The zero-order valence-corrected chi connectivity index (χ0v) is 27.3. The van der Waals surface area contributed by atoms with Gasteiger partial charge >= 0.3 is 0 Å². The molecule has 0 saturated heterocycles. The Balaban J connectivity index is 1.34. The van der Waals surface area contributed by atoms with E-state index in [1.54, 1.807) is 0 Å². The van der Waals surface area contributed by atoms with Crippen molar-refractivity contribution < 1.29 is 0 Å². The Hall–Kier alpha value is -5.65.